The maximum Gasteiger partial charge on any atom is 0.106 e. The molecule has 0 bridgehead atoms. The minimum Gasteiger partial charge on any atom is -0.389 e. The third kappa shape index (κ3) is 2.68. The Labute approximate surface area is 113 Å². The molecule has 3 N–H and O–H groups in total. The molecule has 2 aromatic rings. The van der Waals surface area contributed by atoms with Gasteiger partial charge in [-0.1, -0.05) is 36.5 Å². The highest BCUT2D eigenvalue weighted by molar-refractivity contribution is 7.80. The minimum absolute atomic E-state index is 0.411. The normalized spacial score (nSPS) is 10.1. The van der Waals surface area contributed by atoms with Crippen molar-refractivity contribution >= 4 is 28.6 Å². The first kappa shape index (κ1) is 12.6. The van der Waals surface area contributed by atoms with Gasteiger partial charge in [0.05, 0.1) is 5.69 Å². The Morgan fingerprint density at radius 1 is 1.11 bits per heavy atom. The van der Waals surface area contributed by atoms with Crippen LogP contribution in [0, 0.1) is 13.8 Å². The van der Waals surface area contributed by atoms with Gasteiger partial charge in [-0.15, -0.1) is 0 Å². The van der Waals surface area contributed by atoms with E-state index in [4.69, 9.17) is 18.0 Å². The first-order valence-electron chi connectivity index (χ1n) is 5.81. The van der Waals surface area contributed by atoms with E-state index in [0.29, 0.717) is 4.99 Å². The van der Waals surface area contributed by atoms with Crippen molar-refractivity contribution in [2.24, 2.45) is 5.73 Å². The average Bonchev–Trinajstić information content (AvgIpc) is 2.31. The fraction of sp³-hybridized carbons (Fsp3) is 0.133. The second kappa shape index (κ2) is 5.19. The van der Waals surface area contributed by atoms with Crippen LogP contribution in [-0.2, 0) is 0 Å². The summed E-state index contributed by atoms with van der Waals surface area (Å²) in [5.74, 6) is 0. The van der Waals surface area contributed by atoms with Crippen LogP contribution in [0.25, 0.3) is 0 Å². The van der Waals surface area contributed by atoms with E-state index in [1.807, 2.05) is 37.3 Å². The Bertz CT molecular complexity index is 591. The number of nitrogens with two attached hydrogens (primary N) is 1. The molecule has 0 atom stereocenters. The van der Waals surface area contributed by atoms with Crippen LogP contribution in [0.15, 0.2) is 42.5 Å². The third-order valence-corrected chi connectivity index (χ3v) is 3.05. The predicted molar refractivity (Wildman–Crippen MR) is 81.5 cm³/mol. The molecule has 3 heteroatoms. The van der Waals surface area contributed by atoms with E-state index in [1.54, 1.807) is 0 Å². The molecule has 2 rings (SSSR count). The predicted octanol–water partition coefficient (Wildman–Crippen LogP) is 3.68. The number of hydrogen-bond acceptors (Lipinski definition) is 2. The van der Waals surface area contributed by atoms with E-state index in [-0.39, 0.29) is 0 Å². The van der Waals surface area contributed by atoms with Crippen molar-refractivity contribution in [2.45, 2.75) is 13.8 Å². The first-order valence-corrected chi connectivity index (χ1v) is 6.22. The molecule has 0 unspecified atom stereocenters. The summed E-state index contributed by atoms with van der Waals surface area (Å²) in [4.78, 5) is 0.411. The largest absolute Gasteiger partial charge is 0.389 e. The van der Waals surface area contributed by atoms with Gasteiger partial charge in [-0.3, -0.25) is 0 Å². The van der Waals surface area contributed by atoms with Crippen molar-refractivity contribution in [1.29, 1.82) is 0 Å². The van der Waals surface area contributed by atoms with Crippen LogP contribution in [0.4, 0.5) is 11.4 Å². The zero-order valence-corrected chi connectivity index (χ0v) is 11.3. The van der Waals surface area contributed by atoms with Crippen LogP contribution >= 0.6 is 12.2 Å². The molecule has 0 saturated heterocycles. The lowest BCUT2D eigenvalue weighted by molar-refractivity contribution is 1.40. The van der Waals surface area contributed by atoms with E-state index in [2.05, 4.69) is 24.4 Å². The molecule has 0 heterocycles. The van der Waals surface area contributed by atoms with Gasteiger partial charge in [0.15, 0.2) is 0 Å². The lowest BCUT2D eigenvalue weighted by Gasteiger charge is -2.14. The molecule has 0 fully saturated rings. The summed E-state index contributed by atoms with van der Waals surface area (Å²) in [7, 11) is 0. The molecule has 0 radical (unpaired) electrons. The smallest absolute Gasteiger partial charge is 0.106 e. The molecule has 0 aliphatic heterocycles. The fourth-order valence-corrected chi connectivity index (χ4v) is 2.08. The molecule has 0 aliphatic rings. The van der Waals surface area contributed by atoms with Crippen LogP contribution in [0.5, 0.6) is 0 Å². The number of hydrogen-bond donors (Lipinski definition) is 2. The molecule has 92 valence electrons. The van der Waals surface area contributed by atoms with Crippen LogP contribution in [0.2, 0.25) is 0 Å². The Kier molecular flexibility index (Phi) is 3.63. The maximum absolute atomic E-state index is 5.76. The van der Waals surface area contributed by atoms with Crippen LogP contribution in [0.3, 0.4) is 0 Å². The molecule has 18 heavy (non-hydrogen) atoms. The highest BCUT2D eigenvalue weighted by Gasteiger charge is 2.07. The quantitative estimate of drug-likeness (QED) is 0.823. The fourth-order valence-electron chi connectivity index (χ4n) is 1.91. The number of benzene rings is 2. The minimum atomic E-state index is 0.411. The van der Waals surface area contributed by atoms with Crippen molar-refractivity contribution in [3.63, 3.8) is 0 Å². The summed E-state index contributed by atoms with van der Waals surface area (Å²) in [5, 5.41) is 3.40. The van der Waals surface area contributed by atoms with E-state index >= 15 is 0 Å². The van der Waals surface area contributed by atoms with Crippen LogP contribution in [-0.4, -0.2) is 4.99 Å². The molecule has 0 aliphatic carbocycles. The topological polar surface area (TPSA) is 38.0 Å². The number of para-hydroxylation sites is 1. The Morgan fingerprint density at radius 3 is 2.50 bits per heavy atom. The van der Waals surface area contributed by atoms with Gasteiger partial charge in [0.2, 0.25) is 0 Å². The van der Waals surface area contributed by atoms with Crippen LogP contribution in [0.1, 0.15) is 16.7 Å². The first-order chi connectivity index (χ1) is 8.58. The summed E-state index contributed by atoms with van der Waals surface area (Å²) in [5.41, 5.74) is 11.0. The van der Waals surface area contributed by atoms with E-state index in [9.17, 15) is 0 Å². The van der Waals surface area contributed by atoms with Crippen molar-refractivity contribution in [3.05, 3.63) is 59.2 Å². The molecule has 2 aromatic carbocycles. The van der Waals surface area contributed by atoms with Crippen molar-refractivity contribution in [3.8, 4) is 0 Å². The van der Waals surface area contributed by atoms with E-state index < -0.39 is 0 Å². The zero-order valence-electron chi connectivity index (χ0n) is 10.5. The summed E-state index contributed by atoms with van der Waals surface area (Å²) >= 11 is 5.09. The summed E-state index contributed by atoms with van der Waals surface area (Å²) in [6, 6.07) is 14.2. The zero-order chi connectivity index (χ0) is 13.1. The highest BCUT2D eigenvalue weighted by atomic mass is 32.1. The van der Waals surface area contributed by atoms with Crippen molar-refractivity contribution in [2.75, 3.05) is 5.32 Å². The second-order valence-electron chi connectivity index (χ2n) is 4.36. The van der Waals surface area contributed by atoms with Crippen molar-refractivity contribution in [1.82, 2.24) is 0 Å². The highest BCUT2D eigenvalue weighted by Crippen LogP contribution is 2.25. The third-order valence-electron chi connectivity index (χ3n) is 2.83. The van der Waals surface area contributed by atoms with Gasteiger partial charge in [-0.25, -0.2) is 0 Å². The Hall–Kier alpha value is -1.87. The Balaban J connectivity index is 2.42. The van der Waals surface area contributed by atoms with Gasteiger partial charge in [-0.2, -0.15) is 0 Å². The number of nitrogens with one attached hydrogen (secondary N) is 1. The number of rotatable bonds is 3. The summed E-state index contributed by atoms with van der Waals surface area (Å²) < 4.78 is 0. The summed E-state index contributed by atoms with van der Waals surface area (Å²) in [6.07, 6.45) is 0. The van der Waals surface area contributed by atoms with Gasteiger partial charge in [0.25, 0.3) is 0 Å². The molecular weight excluding hydrogens is 240 g/mol. The molecular formula is C15H16N2S. The molecule has 0 amide bonds. The Morgan fingerprint density at radius 2 is 1.83 bits per heavy atom. The second-order valence-corrected chi connectivity index (χ2v) is 4.80. The average molecular weight is 256 g/mol. The SMILES string of the molecule is Cc1cccc(Nc2c(C)cccc2C(N)=S)c1. The molecule has 2 nitrogen and oxygen atoms in total. The number of anilines is 2. The van der Waals surface area contributed by atoms with Gasteiger partial charge >= 0.3 is 0 Å². The lowest BCUT2D eigenvalue weighted by atomic mass is 10.1. The lowest BCUT2D eigenvalue weighted by Crippen LogP contribution is -2.12. The van der Waals surface area contributed by atoms with Crippen LogP contribution < -0.4 is 11.1 Å². The van der Waals surface area contributed by atoms with Crippen molar-refractivity contribution < 1.29 is 0 Å². The van der Waals surface area contributed by atoms with E-state index in [0.717, 1.165) is 22.5 Å². The standard InChI is InChI=1S/C15H16N2S/c1-10-5-3-7-12(9-10)17-14-11(2)6-4-8-13(14)15(16)18/h3-9,17H,1-2H3,(H2,16,18). The number of thiocarbonyl (C=S) groups is 1. The molecule has 0 spiro atoms. The van der Waals surface area contributed by atoms with Gasteiger partial charge in [0.1, 0.15) is 4.99 Å². The van der Waals surface area contributed by atoms with Gasteiger partial charge in [0, 0.05) is 11.3 Å². The number of aryl methyl sites for hydroxylation is 2. The van der Waals surface area contributed by atoms with Gasteiger partial charge in [-0.05, 0) is 43.2 Å². The summed E-state index contributed by atoms with van der Waals surface area (Å²) in [6.45, 7) is 4.11. The maximum atomic E-state index is 5.76. The molecule has 0 aromatic heterocycles. The monoisotopic (exact) mass is 256 g/mol. The molecule has 0 saturated carbocycles. The van der Waals surface area contributed by atoms with E-state index in [1.165, 1.54) is 5.56 Å². The van der Waals surface area contributed by atoms with Gasteiger partial charge < -0.3 is 11.1 Å².